The molecule has 1 aromatic rings. The van der Waals surface area contributed by atoms with Crippen molar-refractivity contribution in [2.24, 2.45) is 0 Å². The van der Waals surface area contributed by atoms with Gasteiger partial charge in [-0.1, -0.05) is 32.0 Å². The highest BCUT2D eigenvalue weighted by molar-refractivity contribution is 5.53. The number of para-hydroxylation sites is 1. The fourth-order valence-corrected chi connectivity index (χ4v) is 2.54. The summed E-state index contributed by atoms with van der Waals surface area (Å²) >= 11 is 0. The topological polar surface area (TPSA) is 12.0 Å². The summed E-state index contributed by atoms with van der Waals surface area (Å²) in [5.41, 5.74) is 2.36. The molecular weight excluding hydrogens is 232 g/mol. The van der Waals surface area contributed by atoms with Gasteiger partial charge in [0.2, 0.25) is 5.92 Å². The van der Waals surface area contributed by atoms with Crippen molar-refractivity contribution in [2.45, 2.75) is 57.4 Å². The molecule has 0 unspecified atom stereocenters. The Kier molecular flexibility index (Phi) is 3.88. The summed E-state index contributed by atoms with van der Waals surface area (Å²) in [7, 11) is 0. The Balaban J connectivity index is 2.02. The van der Waals surface area contributed by atoms with Gasteiger partial charge >= 0.3 is 0 Å². The maximum Gasteiger partial charge on any atom is 0.248 e. The van der Waals surface area contributed by atoms with Crippen LogP contribution in [0.15, 0.2) is 24.3 Å². The molecule has 1 saturated carbocycles. The summed E-state index contributed by atoms with van der Waals surface area (Å²) in [5.74, 6) is -2.01. The number of alkyl halides is 2. The van der Waals surface area contributed by atoms with Gasteiger partial charge in [0.1, 0.15) is 0 Å². The Labute approximate surface area is 108 Å². The monoisotopic (exact) mass is 253 g/mol. The molecule has 1 aromatic carbocycles. The zero-order chi connectivity index (χ0) is 13.2. The van der Waals surface area contributed by atoms with Gasteiger partial charge in [0, 0.05) is 24.6 Å². The maximum atomic E-state index is 13.1. The summed E-state index contributed by atoms with van der Waals surface area (Å²) in [6.07, 6.45) is 1.13. The van der Waals surface area contributed by atoms with E-state index in [1.54, 1.807) is 0 Å². The van der Waals surface area contributed by atoms with Gasteiger partial charge in [-0.05, 0) is 30.4 Å². The molecule has 0 spiro atoms. The van der Waals surface area contributed by atoms with Crippen molar-refractivity contribution in [3.63, 3.8) is 0 Å². The van der Waals surface area contributed by atoms with Crippen LogP contribution in [0.2, 0.25) is 0 Å². The summed E-state index contributed by atoms with van der Waals surface area (Å²) < 4.78 is 26.2. The van der Waals surface area contributed by atoms with Crippen molar-refractivity contribution >= 4 is 5.69 Å². The second kappa shape index (κ2) is 5.25. The SMILES string of the molecule is CC(C)c1ccccc1NC1CCC(F)(F)CC1. The van der Waals surface area contributed by atoms with Crippen LogP contribution in [0.25, 0.3) is 0 Å². The minimum atomic E-state index is -2.45. The van der Waals surface area contributed by atoms with Crippen LogP contribution < -0.4 is 5.32 Å². The number of anilines is 1. The third-order valence-electron chi connectivity index (χ3n) is 3.66. The quantitative estimate of drug-likeness (QED) is 0.816. The second-order valence-corrected chi connectivity index (χ2v) is 5.52. The molecule has 18 heavy (non-hydrogen) atoms. The molecule has 1 fully saturated rings. The molecule has 2 rings (SSSR count). The Hall–Kier alpha value is -1.12. The van der Waals surface area contributed by atoms with Crippen molar-refractivity contribution in [1.29, 1.82) is 0 Å². The van der Waals surface area contributed by atoms with Crippen molar-refractivity contribution in [2.75, 3.05) is 5.32 Å². The van der Waals surface area contributed by atoms with Gasteiger partial charge in [0.15, 0.2) is 0 Å². The molecule has 0 atom stereocenters. The van der Waals surface area contributed by atoms with Crippen molar-refractivity contribution in [3.8, 4) is 0 Å². The summed E-state index contributed by atoms with van der Waals surface area (Å²) in [6.45, 7) is 4.30. The number of nitrogens with one attached hydrogen (secondary N) is 1. The van der Waals surface area contributed by atoms with E-state index in [4.69, 9.17) is 0 Å². The molecule has 0 saturated heterocycles. The molecule has 0 aliphatic heterocycles. The van der Waals surface area contributed by atoms with Crippen molar-refractivity contribution in [3.05, 3.63) is 29.8 Å². The van der Waals surface area contributed by atoms with E-state index < -0.39 is 5.92 Å². The van der Waals surface area contributed by atoms with Gasteiger partial charge in [0.05, 0.1) is 0 Å². The third-order valence-corrected chi connectivity index (χ3v) is 3.66. The molecule has 0 aromatic heterocycles. The van der Waals surface area contributed by atoms with Crippen LogP contribution in [-0.4, -0.2) is 12.0 Å². The van der Waals surface area contributed by atoms with Crippen LogP contribution in [0.3, 0.4) is 0 Å². The third kappa shape index (κ3) is 3.21. The van der Waals surface area contributed by atoms with E-state index in [1.807, 2.05) is 18.2 Å². The smallest absolute Gasteiger partial charge is 0.248 e. The maximum absolute atomic E-state index is 13.1. The standard InChI is InChI=1S/C15H21F2N/c1-11(2)13-5-3-4-6-14(13)18-12-7-9-15(16,17)10-8-12/h3-6,11-12,18H,7-10H2,1-2H3. The molecule has 1 N–H and O–H groups in total. The summed E-state index contributed by atoms with van der Waals surface area (Å²) in [6, 6.07) is 8.35. The molecule has 0 amide bonds. The van der Waals surface area contributed by atoms with Gasteiger partial charge < -0.3 is 5.32 Å². The first kappa shape index (κ1) is 13.3. The van der Waals surface area contributed by atoms with Gasteiger partial charge in [-0.2, -0.15) is 0 Å². The molecule has 3 heteroatoms. The Morgan fingerprint density at radius 3 is 2.39 bits per heavy atom. The first-order valence-corrected chi connectivity index (χ1v) is 6.71. The molecule has 1 nitrogen and oxygen atoms in total. The van der Waals surface area contributed by atoms with E-state index in [0.717, 1.165) is 5.69 Å². The molecule has 1 aliphatic rings. The van der Waals surface area contributed by atoms with Gasteiger partial charge in [0.25, 0.3) is 0 Å². The van der Waals surface area contributed by atoms with Crippen molar-refractivity contribution < 1.29 is 8.78 Å². The lowest BCUT2D eigenvalue weighted by molar-refractivity contribution is -0.0360. The zero-order valence-electron chi connectivity index (χ0n) is 11.0. The zero-order valence-corrected chi connectivity index (χ0v) is 11.0. The normalized spacial score (nSPS) is 20.1. The van der Waals surface area contributed by atoms with Crippen LogP contribution >= 0.6 is 0 Å². The summed E-state index contributed by atoms with van der Waals surface area (Å²) in [4.78, 5) is 0. The number of hydrogen-bond acceptors (Lipinski definition) is 1. The van der Waals surface area contributed by atoms with Crippen LogP contribution in [-0.2, 0) is 0 Å². The fourth-order valence-electron chi connectivity index (χ4n) is 2.54. The highest BCUT2D eigenvalue weighted by atomic mass is 19.3. The predicted molar refractivity (Wildman–Crippen MR) is 71.4 cm³/mol. The molecule has 1 aliphatic carbocycles. The average Bonchev–Trinajstić information content (AvgIpc) is 2.32. The predicted octanol–water partition coefficient (Wildman–Crippen LogP) is 4.80. The average molecular weight is 253 g/mol. The Morgan fingerprint density at radius 2 is 1.78 bits per heavy atom. The molecule has 0 radical (unpaired) electrons. The first-order valence-electron chi connectivity index (χ1n) is 6.71. The lowest BCUT2D eigenvalue weighted by atomic mass is 9.91. The van der Waals surface area contributed by atoms with E-state index >= 15 is 0 Å². The molecule has 0 heterocycles. The van der Waals surface area contributed by atoms with Crippen LogP contribution in [0, 0.1) is 0 Å². The lowest BCUT2D eigenvalue weighted by Crippen LogP contribution is -2.32. The fraction of sp³-hybridized carbons (Fsp3) is 0.600. The Bertz CT molecular complexity index is 391. The number of halogens is 2. The Morgan fingerprint density at radius 1 is 1.17 bits per heavy atom. The van der Waals surface area contributed by atoms with Crippen LogP contribution in [0.5, 0.6) is 0 Å². The van der Waals surface area contributed by atoms with E-state index in [1.165, 1.54) is 5.56 Å². The minimum absolute atomic E-state index is 0.00844. The number of benzene rings is 1. The van der Waals surface area contributed by atoms with Crippen molar-refractivity contribution in [1.82, 2.24) is 0 Å². The molecular formula is C15H21F2N. The van der Waals surface area contributed by atoms with Gasteiger partial charge in [-0.25, -0.2) is 8.78 Å². The number of hydrogen-bond donors (Lipinski definition) is 1. The van der Waals surface area contributed by atoms with Gasteiger partial charge in [-0.15, -0.1) is 0 Å². The highest BCUT2D eigenvalue weighted by Crippen LogP contribution is 2.35. The first-order chi connectivity index (χ1) is 8.48. The van der Waals surface area contributed by atoms with E-state index in [0.29, 0.717) is 18.8 Å². The van der Waals surface area contributed by atoms with E-state index in [-0.39, 0.29) is 18.9 Å². The van der Waals surface area contributed by atoms with E-state index in [2.05, 4.69) is 25.2 Å². The van der Waals surface area contributed by atoms with Crippen LogP contribution in [0.1, 0.15) is 51.0 Å². The lowest BCUT2D eigenvalue weighted by Gasteiger charge is -2.30. The van der Waals surface area contributed by atoms with Gasteiger partial charge in [-0.3, -0.25) is 0 Å². The second-order valence-electron chi connectivity index (χ2n) is 5.52. The van der Waals surface area contributed by atoms with Crippen LogP contribution in [0.4, 0.5) is 14.5 Å². The largest absolute Gasteiger partial charge is 0.382 e. The van der Waals surface area contributed by atoms with E-state index in [9.17, 15) is 8.78 Å². The highest BCUT2D eigenvalue weighted by Gasteiger charge is 2.34. The minimum Gasteiger partial charge on any atom is -0.382 e. The molecule has 100 valence electrons. The molecule has 0 bridgehead atoms. The number of rotatable bonds is 3. The summed E-state index contributed by atoms with van der Waals surface area (Å²) in [5, 5.41) is 3.44.